The number of thiazole rings is 1. The van der Waals surface area contributed by atoms with Crippen molar-refractivity contribution >= 4 is 50.3 Å². The molecule has 3 aromatic rings. The van der Waals surface area contributed by atoms with Crippen molar-refractivity contribution in [1.82, 2.24) is 4.98 Å². The number of para-hydroxylation sites is 1. The summed E-state index contributed by atoms with van der Waals surface area (Å²) in [6, 6.07) is 14.6. The molecule has 6 heteroatoms. The van der Waals surface area contributed by atoms with Crippen LogP contribution in [0.4, 0.5) is 0 Å². The molecule has 0 amide bonds. The molecule has 0 atom stereocenters. The number of aliphatic carboxylic acids is 1. The molecule has 1 aromatic heterocycles. The Morgan fingerprint density at radius 3 is 2.78 bits per heavy atom. The van der Waals surface area contributed by atoms with Gasteiger partial charge in [-0.3, -0.25) is 4.79 Å². The van der Waals surface area contributed by atoms with E-state index in [4.69, 9.17) is 5.11 Å². The van der Waals surface area contributed by atoms with E-state index < -0.39 is 5.97 Å². The van der Waals surface area contributed by atoms with Crippen LogP contribution in [0.5, 0.6) is 5.75 Å². The summed E-state index contributed by atoms with van der Waals surface area (Å²) in [7, 11) is 0. The standard InChI is InChI=1S/C17H13NO3S2/c19-12-5-3-4-11(8-12)9-15(22-10-16(20)21)17-18-13-6-1-2-7-14(13)23-17/h1-9,19H,10H2,(H,20,21)/b15-9-. The minimum atomic E-state index is -0.877. The van der Waals surface area contributed by atoms with Gasteiger partial charge in [-0.05, 0) is 35.9 Å². The number of phenols is 1. The third-order valence-electron chi connectivity index (χ3n) is 3.02. The molecular formula is C17H13NO3S2. The first-order valence-corrected chi connectivity index (χ1v) is 8.63. The van der Waals surface area contributed by atoms with E-state index in [0.717, 1.165) is 25.7 Å². The molecule has 4 nitrogen and oxygen atoms in total. The van der Waals surface area contributed by atoms with Crippen LogP contribution >= 0.6 is 23.1 Å². The molecule has 0 aliphatic carbocycles. The van der Waals surface area contributed by atoms with Crippen molar-refractivity contribution in [2.45, 2.75) is 0 Å². The molecule has 0 aliphatic rings. The first-order valence-electron chi connectivity index (χ1n) is 6.83. The first-order chi connectivity index (χ1) is 11.1. The third-order valence-corrected chi connectivity index (χ3v) is 5.24. The normalized spacial score (nSPS) is 11.7. The Balaban J connectivity index is 2.02. The molecule has 0 bridgehead atoms. The summed E-state index contributed by atoms with van der Waals surface area (Å²) in [5.74, 6) is -0.746. The highest BCUT2D eigenvalue weighted by Crippen LogP contribution is 2.35. The van der Waals surface area contributed by atoms with Gasteiger partial charge in [-0.2, -0.15) is 0 Å². The predicted molar refractivity (Wildman–Crippen MR) is 95.7 cm³/mol. The molecule has 0 radical (unpaired) electrons. The fourth-order valence-corrected chi connectivity index (χ4v) is 3.89. The van der Waals surface area contributed by atoms with Gasteiger partial charge < -0.3 is 10.2 Å². The van der Waals surface area contributed by atoms with Gasteiger partial charge in [0.2, 0.25) is 0 Å². The number of carboxylic acid groups (broad SMARTS) is 1. The number of carboxylic acids is 1. The van der Waals surface area contributed by atoms with E-state index in [9.17, 15) is 9.90 Å². The SMILES string of the molecule is O=C(O)CS/C(=C\c1cccc(O)c1)c1nc2ccccc2s1. The smallest absolute Gasteiger partial charge is 0.313 e. The highest BCUT2D eigenvalue weighted by molar-refractivity contribution is 8.09. The second-order valence-corrected chi connectivity index (χ2v) is 6.82. The van der Waals surface area contributed by atoms with E-state index in [1.807, 2.05) is 36.4 Å². The molecule has 2 N–H and O–H groups in total. The molecular weight excluding hydrogens is 330 g/mol. The Bertz CT molecular complexity index is 853. The molecule has 23 heavy (non-hydrogen) atoms. The number of carbonyl (C=O) groups is 1. The summed E-state index contributed by atoms with van der Waals surface area (Å²) in [5.41, 5.74) is 1.70. The average Bonchev–Trinajstić information content (AvgIpc) is 2.95. The average molecular weight is 343 g/mol. The summed E-state index contributed by atoms with van der Waals surface area (Å²) in [4.78, 5) is 16.3. The molecule has 0 saturated carbocycles. The molecule has 2 aromatic carbocycles. The predicted octanol–water partition coefficient (Wildman–Crippen LogP) is 4.32. The van der Waals surface area contributed by atoms with E-state index >= 15 is 0 Å². The van der Waals surface area contributed by atoms with E-state index in [1.165, 1.54) is 23.1 Å². The van der Waals surface area contributed by atoms with Crippen LogP contribution < -0.4 is 0 Å². The summed E-state index contributed by atoms with van der Waals surface area (Å²) >= 11 is 2.75. The van der Waals surface area contributed by atoms with Gasteiger partial charge in [0.15, 0.2) is 0 Å². The molecule has 0 fully saturated rings. The van der Waals surface area contributed by atoms with Crippen molar-refractivity contribution in [3.05, 3.63) is 59.1 Å². The lowest BCUT2D eigenvalue weighted by Crippen LogP contribution is -1.97. The van der Waals surface area contributed by atoms with Gasteiger partial charge in [0.1, 0.15) is 10.8 Å². The van der Waals surface area contributed by atoms with Crippen molar-refractivity contribution in [2.24, 2.45) is 0 Å². The lowest BCUT2D eigenvalue weighted by atomic mass is 10.2. The van der Waals surface area contributed by atoms with Gasteiger partial charge in [-0.15, -0.1) is 23.1 Å². The maximum atomic E-state index is 10.9. The zero-order valence-corrected chi connectivity index (χ0v) is 13.6. The number of fused-ring (bicyclic) bond motifs is 1. The van der Waals surface area contributed by atoms with Crippen molar-refractivity contribution in [2.75, 3.05) is 5.75 Å². The largest absolute Gasteiger partial charge is 0.508 e. The molecule has 0 saturated heterocycles. The fraction of sp³-hybridized carbons (Fsp3) is 0.0588. The Morgan fingerprint density at radius 1 is 1.22 bits per heavy atom. The Kier molecular flexibility index (Phi) is 4.64. The minimum absolute atomic E-state index is 0.0411. The quantitative estimate of drug-likeness (QED) is 0.722. The number of thioether (sulfide) groups is 1. The highest BCUT2D eigenvalue weighted by atomic mass is 32.2. The van der Waals surface area contributed by atoms with Crippen LogP contribution in [0.3, 0.4) is 0 Å². The number of benzene rings is 2. The highest BCUT2D eigenvalue weighted by Gasteiger charge is 2.11. The number of aromatic nitrogens is 1. The molecule has 0 spiro atoms. The molecule has 1 heterocycles. The van der Waals surface area contributed by atoms with Crippen LogP contribution in [0, 0.1) is 0 Å². The Morgan fingerprint density at radius 2 is 2.04 bits per heavy atom. The van der Waals surface area contributed by atoms with Crippen LogP contribution in [-0.2, 0) is 4.79 Å². The Hall–Kier alpha value is -2.31. The number of aromatic hydroxyl groups is 1. The lowest BCUT2D eigenvalue weighted by Gasteiger charge is -2.03. The second-order valence-electron chi connectivity index (χ2n) is 4.77. The molecule has 3 rings (SSSR count). The fourth-order valence-electron chi connectivity index (χ4n) is 2.05. The van der Waals surface area contributed by atoms with E-state index in [0.29, 0.717) is 0 Å². The van der Waals surface area contributed by atoms with Crippen LogP contribution in [0.25, 0.3) is 21.2 Å². The monoisotopic (exact) mass is 343 g/mol. The lowest BCUT2D eigenvalue weighted by molar-refractivity contribution is -0.133. The van der Waals surface area contributed by atoms with E-state index in [-0.39, 0.29) is 11.5 Å². The van der Waals surface area contributed by atoms with Gasteiger partial charge >= 0.3 is 5.97 Å². The van der Waals surface area contributed by atoms with E-state index in [1.54, 1.807) is 18.2 Å². The van der Waals surface area contributed by atoms with E-state index in [2.05, 4.69) is 4.98 Å². The molecule has 116 valence electrons. The van der Waals surface area contributed by atoms with Crippen LogP contribution in [0.2, 0.25) is 0 Å². The number of rotatable bonds is 5. The summed E-state index contributed by atoms with van der Waals surface area (Å²) in [5, 5.41) is 19.3. The number of phenolic OH excluding ortho intramolecular Hbond substituents is 1. The first kappa shape index (κ1) is 15.6. The van der Waals surface area contributed by atoms with Gasteiger partial charge in [0.25, 0.3) is 0 Å². The molecule has 0 aliphatic heterocycles. The Labute approximate surface area is 141 Å². The van der Waals surface area contributed by atoms with Crippen molar-refractivity contribution in [3.8, 4) is 5.75 Å². The second kappa shape index (κ2) is 6.85. The van der Waals surface area contributed by atoms with Crippen molar-refractivity contribution in [1.29, 1.82) is 0 Å². The van der Waals surface area contributed by atoms with Crippen molar-refractivity contribution in [3.63, 3.8) is 0 Å². The summed E-state index contributed by atoms with van der Waals surface area (Å²) in [6.45, 7) is 0. The van der Waals surface area contributed by atoms with Gasteiger partial charge in [-0.25, -0.2) is 4.98 Å². The van der Waals surface area contributed by atoms with Gasteiger partial charge in [-0.1, -0.05) is 24.3 Å². The number of hydrogen-bond donors (Lipinski definition) is 2. The zero-order chi connectivity index (χ0) is 16.2. The minimum Gasteiger partial charge on any atom is -0.508 e. The summed E-state index contributed by atoms with van der Waals surface area (Å²) < 4.78 is 1.06. The maximum Gasteiger partial charge on any atom is 0.313 e. The van der Waals surface area contributed by atoms with Crippen LogP contribution in [0.15, 0.2) is 48.5 Å². The van der Waals surface area contributed by atoms with Gasteiger partial charge in [0.05, 0.1) is 16.0 Å². The summed E-state index contributed by atoms with van der Waals surface area (Å²) in [6.07, 6.45) is 1.85. The topological polar surface area (TPSA) is 70.4 Å². The van der Waals surface area contributed by atoms with Crippen LogP contribution in [-0.4, -0.2) is 26.9 Å². The van der Waals surface area contributed by atoms with Crippen molar-refractivity contribution < 1.29 is 15.0 Å². The molecule has 0 unspecified atom stereocenters. The van der Waals surface area contributed by atoms with Gasteiger partial charge in [0, 0.05) is 4.91 Å². The van der Waals surface area contributed by atoms with Crippen LogP contribution in [0.1, 0.15) is 10.6 Å². The zero-order valence-electron chi connectivity index (χ0n) is 12.0. The maximum absolute atomic E-state index is 10.9. The number of nitrogens with zero attached hydrogens (tertiary/aromatic N) is 1. The number of hydrogen-bond acceptors (Lipinski definition) is 5. The third kappa shape index (κ3) is 3.91.